The summed E-state index contributed by atoms with van der Waals surface area (Å²) in [6.07, 6.45) is -3.10. The van der Waals surface area contributed by atoms with Crippen LogP contribution in [0.25, 0.3) is 34.4 Å². The van der Waals surface area contributed by atoms with E-state index in [4.69, 9.17) is 17.0 Å². The van der Waals surface area contributed by atoms with E-state index < -0.39 is 45.0 Å². The number of hydrogen-bond acceptors (Lipinski definition) is 0. The van der Waals surface area contributed by atoms with Crippen molar-refractivity contribution in [2.24, 2.45) is 0 Å². The average Bonchev–Trinajstić information content (AvgIpc) is 3.64. The molecule has 0 heterocycles. The molecular formula is C38H35Cl2F6SiZr. The van der Waals surface area contributed by atoms with Crippen LogP contribution in [-0.4, -0.2) is 5.92 Å². The number of rotatable bonds is 7. The van der Waals surface area contributed by atoms with Crippen molar-refractivity contribution in [1.82, 2.24) is 0 Å². The van der Waals surface area contributed by atoms with E-state index >= 15 is 0 Å². The van der Waals surface area contributed by atoms with Crippen molar-refractivity contribution in [3.8, 4) is 22.3 Å². The second-order valence-corrected chi connectivity index (χ2v) is 55.7. The molecule has 0 N–H and O–H groups in total. The van der Waals surface area contributed by atoms with Gasteiger partial charge >= 0.3 is 288 Å². The van der Waals surface area contributed by atoms with Gasteiger partial charge in [-0.25, -0.2) is 0 Å². The van der Waals surface area contributed by atoms with Crippen LogP contribution >= 0.6 is 17.0 Å². The minimum atomic E-state index is -5.09. The van der Waals surface area contributed by atoms with Gasteiger partial charge in [0.25, 0.3) is 0 Å². The molecule has 2 atom stereocenters. The topological polar surface area (TPSA) is 0 Å². The van der Waals surface area contributed by atoms with Crippen molar-refractivity contribution in [3.63, 3.8) is 0 Å². The molecule has 0 aliphatic heterocycles. The Balaban J connectivity index is 1.51. The van der Waals surface area contributed by atoms with Crippen LogP contribution in [0.2, 0.25) is 13.1 Å². The zero-order valence-electron chi connectivity index (χ0n) is 26.9. The van der Waals surface area contributed by atoms with Gasteiger partial charge in [-0.15, -0.1) is 0 Å². The Kier molecular flexibility index (Phi) is 9.18. The van der Waals surface area contributed by atoms with E-state index in [0.717, 1.165) is 68.8 Å². The molecule has 0 spiro atoms. The van der Waals surface area contributed by atoms with Crippen LogP contribution in [0.3, 0.4) is 0 Å². The summed E-state index contributed by atoms with van der Waals surface area (Å²) in [7, 11) is 16.8. The Morgan fingerprint density at radius 1 is 0.583 bits per heavy atom. The predicted octanol–water partition coefficient (Wildman–Crippen LogP) is 13.4. The zero-order valence-corrected chi connectivity index (χ0v) is 32.0. The van der Waals surface area contributed by atoms with Crippen LogP contribution in [0.5, 0.6) is 0 Å². The van der Waals surface area contributed by atoms with Crippen LogP contribution in [0.4, 0.5) is 26.3 Å². The number of halogens is 8. The maximum atomic E-state index is 13.4. The molecule has 10 heteroatoms. The van der Waals surface area contributed by atoms with Gasteiger partial charge in [0, 0.05) is 0 Å². The van der Waals surface area contributed by atoms with Gasteiger partial charge in [0.1, 0.15) is 0 Å². The number of fused-ring (bicyclic) bond motifs is 2. The number of hydrogen-bond donors (Lipinski definition) is 0. The SMILES string of the molecule is CCC1=Cc2c(-c3ccc(C(F)(F)F)cc3)cccc2[CH]1[Zr]([Cl])([Cl])([CH]1C(CC)=Cc2c(-c3ccc(C(F)(F)F)cc3)cccc21)[SiH](C)C. The van der Waals surface area contributed by atoms with E-state index in [1.807, 2.05) is 24.3 Å². The standard InChI is InChI=1S/2C18H14F3.C2H7Si.2ClH.Zr/c2*1-2-12-10-14-4-3-5-16(17(14)11-12)13-6-8-15(9-7-13)18(19,20)21;1-3-2;;;/h2*3-11H,2H2,1H3;3H,1-2H3;2*1H;/q;;;;;+2/p-2. The van der Waals surface area contributed by atoms with Gasteiger partial charge in [0.2, 0.25) is 0 Å². The van der Waals surface area contributed by atoms with E-state index in [0.29, 0.717) is 24.0 Å². The van der Waals surface area contributed by atoms with E-state index in [1.165, 1.54) is 24.3 Å². The number of benzene rings is 4. The fraction of sp³-hybridized carbons (Fsp3) is 0.263. The summed E-state index contributed by atoms with van der Waals surface area (Å²) in [6, 6.07) is 22.4. The summed E-state index contributed by atoms with van der Waals surface area (Å²) in [5.41, 5.74) is 7.92. The molecule has 6 rings (SSSR count). The normalized spacial score (nSPS) is 18.6. The van der Waals surface area contributed by atoms with Crippen LogP contribution in [0, 0.1) is 0 Å². The molecule has 2 aliphatic rings. The first-order chi connectivity index (χ1) is 22.5. The van der Waals surface area contributed by atoms with Crippen molar-refractivity contribution in [1.29, 1.82) is 0 Å². The van der Waals surface area contributed by atoms with E-state index in [1.54, 1.807) is 0 Å². The quantitative estimate of drug-likeness (QED) is 0.129. The van der Waals surface area contributed by atoms with Crippen molar-refractivity contribution in [2.45, 2.75) is 59.4 Å². The molecule has 0 saturated heterocycles. The third-order valence-electron chi connectivity index (χ3n) is 10.4. The summed E-state index contributed by atoms with van der Waals surface area (Å²) in [5.74, 6) is -1.87. The Labute approximate surface area is 286 Å². The summed E-state index contributed by atoms with van der Waals surface area (Å²) in [5, 5.41) is 0. The molecule has 48 heavy (non-hydrogen) atoms. The molecule has 4 aromatic rings. The molecule has 0 amide bonds. The molecule has 0 radical (unpaired) electrons. The Hall–Kier alpha value is -2.38. The monoisotopic (exact) mass is 793 g/mol. The van der Waals surface area contributed by atoms with Gasteiger partial charge in [-0.3, -0.25) is 0 Å². The molecule has 0 saturated carbocycles. The van der Waals surface area contributed by atoms with Gasteiger partial charge in [-0.05, 0) is 0 Å². The van der Waals surface area contributed by atoms with Crippen molar-refractivity contribution in [2.75, 3.05) is 0 Å². The first kappa shape index (κ1) is 35.4. The van der Waals surface area contributed by atoms with E-state index in [-0.39, 0.29) is 7.25 Å². The van der Waals surface area contributed by atoms with Crippen LogP contribution < -0.4 is 0 Å². The van der Waals surface area contributed by atoms with Gasteiger partial charge in [0.15, 0.2) is 0 Å². The second kappa shape index (κ2) is 12.4. The molecule has 0 fully saturated rings. The number of alkyl halides is 6. The van der Waals surface area contributed by atoms with Crippen LogP contribution in [0.1, 0.15) is 67.3 Å². The van der Waals surface area contributed by atoms with Crippen molar-refractivity contribution < 1.29 is 41.9 Å². The summed E-state index contributed by atoms with van der Waals surface area (Å²) >= 11 is -5.09. The molecule has 2 unspecified atom stereocenters. The fourth-order valence-corrected chi connectivity index (χ4v) is 39.7. The van der Waals surface area contributed by atoms with E-state index in [9.17, 15) is 26.3 Å². The molecule has 251 valence electrons. The number of allylic oxidation sites excluding steroid dienone is 2. The Morgan fingerprint density at radius 2 is 0.938 bits per heavy atom. The zero-order chi connectivity index (χ0) is 34.8. The van der Waals surface area contributed by atoms with Gasteiger partial charge in [-0.2, -0.15) is 0 Å². The molecule has 4 aromatic carbocycles. The molecular weight excluding hydrogens is 761 g/mol. The van der Waals surface area contributed by atoms with Gasteiger partial charge in [-0.1, -0.05) is 0 Å². The molecule has 0 bridgehead atoms. The van der Waals surface area contributed by atoms with E-state index in [2.05, 4.69) is 51.2 Å². The maximum absolute atomic E-state index is 13.4. The van der Waals surface area contributed by atoms with Crippen molar-refractivity contribution in [3.05, 3.63) is 129 Å². The van der Waals surface area contributed by atoms with Crippen LogP contribution in [0.15, 0.2) is 96.1 Å². The summed E-state index contributed by atoms with van der Waals surface area (Å²) < 4.78 is 79.8. The Bertz CT molecular complexity index is 1810. The van der Waals surface area contributed by atoms with Gasteiger partial charge in [0.05, 0.1) is 0 Å². The average molecular weight is 796 g/mol. The third kappa shape index (κ3) is 5.73. The molecule has 2 aliphatic carbocycles. The third-order valence-corrected chi connectivity index (χ3v) is 62.2. The molecule has 0 aromatic heterocycles. The fourth-order valence-electron chi connectivity index (χ4n) is 7.86. The first-order valence-electron chi connectivity index (χ1n) is 16.1. The van der Waals surface area contributed by atoms with Crippen LogP contribution in [-0.2, 0) is 27.9 Å². The first-order valence-corrected chi connectivity index (χ1v) is 32.4. The molecule has 0 nitrogen and oxygen atoms in total. The summed E-state index contributed by atoms with van der Waals surface area (Å²) in [6.45, 7) is 8.66. The van der Waals surface area contributed by atoms with Gasteiger partial charge < -0.3 is 0 Å². The Morgan fingerprint density at radius 3 is 1.23 bits per heavy atom. The second-order valence-electron chi connectivity index (χ2n) is 13.2. The van der Waals surface area contributed by atoms with Crippen molar-refractivity contribution >= 4 is 35.1 Å². The summed E-state index contributed by atoms with van der Waals surface area (Å²) in [4.78, 5) is 0. The predicted molar refractivity (Wildman–Crippen MR) is 186 cm³/mol. The minimum absolute atomic E-state index is 0.198.